The van der Waals surface area contributed by atoms with Crippen LogP contribution in [0, 0.1) is 11.8 Å². The smallest absolute Gasteiger partial charge is 0.306 e. The van der Waals surface area contributed by atoms with E-state index >= 15 is 0 Å². The average molecular weight is 423 g/mol. The van der Waals surface area contributed by atoms with E-state index in [4.69, 9.17) is 18.9 Å². The third-order valence-corrected chi connectivity index (χ3v) is 5.25. The minimum absolute atomic E-state index is 0.0495. The maximum Gasteiger partial charge on any atom is 0.306 e. The summed E-state index contributed by atoms with van der Waals surface area (Å²) < 4.78 is 21.8. The molecule has 5 heteroatoms. The molecule has 172 valence electrons. The fourth-order valence-electron chi connectivity index (χ4n) is 3.51. The van der Waals surface area contributed by atoms with Crippen LogP contribution in [0.3, 0.4) is 0 Å². The first kappa shape index (κ1) is 26.3. The molecule has 0 radical (unpaired) electrons. The number of hydrogen-bond acceptors (Lipinski definition) is 5. The largest absolute Gasteiger partial charge is 0.493 e. The molecule has 1 fully saturated rings. The van der Waals surface area contributed by atoms with Crippen LogP contribution >= 0.6 is 0 Å². The van der Waals surface area contributed by atoms with Gasteiger partial charge in [0, 0.05) is 26.6 Å². The van der Waals surface area contributed by atoms with Crippen LogP contribution in [-0.4, -0.2) is 39.5 Å². The Hall–Kier alpha value is -1.75. The first-order valence-corrected chi connectivity index (χ1v) is 11.4. The van der Waals surface area contributed by atoms with Crippen LogP contribution in [0.25, 0.3) is 0 Å². The molecule has 2 atom stereocenters. The maximum absolute atomic E-state index is 11.3. The third kappa shape index (κ3) is 9.84. The lowest BCUT2D eigenvalue weighted by Crippen LogP contribution is -2.16. The van der Waals surface area contributed by atoms with Gasteiger partial charge in [0.2, 0.25) is 0 Å². The monoisotopic (exact) mass is 422 g/mol. The zero-order valence-corrected chi connectivity index (χ0v) is 19.9. The number of methoxy groups -OCH3 is 2. The van der Waals surface area contributed by atoms with Crippen molar-refractivity contribution < 1.29 is 23.7 Å². The summed E-state index contributed by atoms with van der Waals surface area (Å²) in [5.41, 5.74) is 1.25. The van der Waals surface area contributed by atoms with Crippen molar-refractivity contribution in [3.8, 4) is 11.5 Å². The van der Waals surface area contributed by atoms with Crippen molar-refractivity contribution in [3.05, 3.63) is 23.8 Å². The summed E-state index contributed by atoms with van der Waals surface area (Å²) in [6.45, 7) is 10.1. The van der Waals surface area contributed by atoms with Crippen molar-refractivity contribution in [2.45, 2.75) is 78.7 Å². The van der Waals surface area contributed by atoms with E-state index in [0.29, 0.717) is 31.5 Å². The molecular formula is C25H42O5. The topological polar surface area (TPSA) is 54.0 Å². The van der Waals surface area contributed by atoms with E-state index in [2.05, 4.69) is 39.8 Å². The molecular weight excluding hydrogens is 380 g/mol. The molecule has 0 aliphatic carbocycles. The van der Waals surface area contributed by atoms with Gasteiger partial charge in [-0.3, -0.25) is 4.79 Å². The predicted octanol–water partition coefficient (Wildman–Crippen LogP) is 5.83. The molecule has 0 aromatic heterocycles. The van der Waals surface area contributed by atoms with Gasteiger partial charge < -0.3 is 18.9 Å². The molecule has 0 amide bonds. The fourth-order valence-corrected chi connectivity index (χ4v) is 3.51. The molecule has 0 saturated carbocycles. The Balaban J connectivity index is 0.00000141. The summed E-state index contributed by atoms with van der Waals surface area (Å²) in [4.78, 5) is 11.3. The average Bonchev–Trinajstić information content (AvgIpc) is 3.14. The minimum atomic E-state index is -0.0495. The van der Waals surface area contributed by atoms with Crippen LogP contribution in [-0.2, 0) is 20.7 Å². The van der Waals surface area contributed by atoms with Crippen LogP contribution in [0.1, 0.15) is 71.8 Å². The standard InChI is InChI=1S/C22H34O5.C3H8/c1-16(2)18(7-8-19-9-11-22(23)27-19)14-17-6-10-20(25-4)21(15-17)26-13-5-12-24-3;1-3-2/h6,10,15-16,18-19H,5,7-9,11-14H2,1-4H3;3H2,1-2H3. The van der Waals surface area contributed by atoms with Crippen molar-refractivity contribution in [1.29, 1.82) is 0 Å². The van der Waals surface area contributed by atoms with Gasteiger partial charge in [-0.25, -0.2) is 0 Å². The molecule has 0 N–H and O–H groups in total. The van der Waals surface area contributed by atoms with E-state index in [1.165, 1.54) is 12.0 Å². The Bertz CT molecular complexity index is 599. The number of carbonyl (C=O) groups excluding carboxylic acids is 1. The summed E-state index contributed by atoms with van der Waals surface area (Å²) in [5, 5.41) is 0. The highest BCUT2D eigenvalue weighted by molar-refractivity contribution is 5.71. The van der Waals surface area contributed by atoms with E-state index in [9.17, 15) is 4.79 Å². The third-order valence-electron chi connectivity index (χ3n) is 5.25. The quantitative estimate of drug-likeness (QED) is 0.313. The van der Waals surface area contributed by atoms with Crippen LogP contribution < -0.4 is 9.47 Å². The van der Waals surface area contributed by atoms with Crippen molar-refractivity contribution >= 4 is 5.97 Å². The Labute approximate surface area is 183 Å². The van der Waals surface area contributed by atoms with Crippen LogP contribution in [0.2, 0.25) is 0 Å². The predicted molar refractivity (Wildman–Crippen MR) is 121 cm³/mol. The van der Waals surface area contributed by atoms with Gasteiger partial charge in [0.25, 0.3) is 0 Å². The molecule has 1 aromatic carbocycles. The number of hydrogen-bond donors (Lipinski definition) is 0. The highest BCUT2D eigenvalue weighted by atomic mass is 16.5. The van der Waals surface area contributed by atoms with Crippen LogP contribution in [0.5, 0.6) is 11.5 Å². The van der Waals surface area contributed by atoms with Gasteiger partial charge in [-0.1, -0.05) is 40.2 Å². The molecule has 2 unspecified atom stereocenters. The molecule has 1 aliphatic rings. The first-order valence-electron chi connectivity index (χ1n) is 11.4. The summed E-state index contributed by atoms with van der Waals surface area (Å²) in [6.07, 6.45) is 6.63. The number of benzene rings is 1. The highest BCUT2D eigenvalue weighted by Crippen LogP contribution is 2.32. The van der Waals surface area contributed by atoms with Gasteiger partial charge in [0.1, 0.15) is 6.10 Å². The summed E-state index contributed by atoms with van der Waals surface area (Å²) in [6, 6.07) is 6.19. The van der Waals surface area contributed by atoms with Gasteiger partial charge in [-0.2, -0.15) is 0 Å². The molecule has 1 aliphatic heterocycles. The van der Waals surface area contributed by atoms with E-state index in [1.54, 1.807) is 14.2 Å². The number of cyclic esters (lactones) is 1. The number of ether oxygens (including phenoxy) is 4. The van der Waals surface area contributed by atoms with E-state index < -0.39 is 0 Å². The fraction of sp³-hybridized carbons (Fsp3) is 0.720. The molecule has 5 nitrogen and oxygen atoms in total. The van der Waals surface area contributed by atoms with Gasteiger partial charge in [-0.15, -0.1) is 0 Å². The molecule has 1 heterocycles. The normalized spacial score (nSPS) is 16.6. The second-order valence-corrected chi connectivity index (χ2v) is 8.32. The maximum atomic E-state index is 11.3. The van der Waals surface area contributed by atoms with E-state index in [0.717, 1.165) is 43.6 Å². The van der Waals surface area contributed by atoms with Gasteiger partial charge in [0.15, 0.2) is 11.5 Å². The lowest BCUT2D eigenvalue weighted by atomic mass is 9.84. The lowest BCUT2D eigenvalue weighted by Gasteiger charge is -2.23. The van der Waals surface area contributed by atoms with Crippen LogP contribution in [0.4, 0.5) is 0 Å². The number of rotatable bonds is 12. The van der Waals surface area contributed by atoms with Crippen molar-refractivity contribution in [3.63, 3.8) is 0 Å². The summed E-state index contributed by atoms with van der Waals surface area (Å²) in [7, 11) is 3.36. The Kier molecular flexibility index (Phi) is 13.2. The molecule has 1 saturated heterocycles. The Morgan fingerprint density at radius 2 is 1.87 bits per heavy atom. The van der Waals surface area contributed by atoms with Gasteiger partial charge in [-0.05, 0) is 55.2 Å². The zero-order valence-electron chi connectivity index (χ0n) is 19.9. The van der Waals surface area contributed by atoms with Crippen molar-refractivity contribution in [2.75, 3.05) is 27.4 Å². The summed E-state index contributed by atoms with van der Waals surface area (Å²) in [5.74, 6) is 2.61. The Morgan fingerprint density at radius 1 is 1.13 bits per heavy atom. The molecule has 0 spiro atoms. The second-order valence-electron chi connectivity index (χ2n) is 8.32. The molecule has 30 heavy (non-hydrogen) atoms. The van der Waals surface area contributed by atoms with Crippen LogP contribution in [0.15, 0.2) is 18.2 Å². The van der Waals surface area contributed by atoms with E-state index in [1.807, 2.05) is 6.07 Å². The minimum Gasteiger partial charge on any atom is -0.493 e. The van der Waals surface area contributed by atoms with Gasteiger partial charge >= 0.3 is 5.97 Å². The highest BCUT2D eigenvalue weighted by Gasteiger charge is 2.25. The zero-order chi connectivity index (χ0) is 22.4. The number of carbonyl (C=O) groups is 1. The van der Waals surface area contributed by atoms with E-state index in [-0.39, 0.29) is 12.1 Å². The summed E-state index contributed by atoms with van der Waals surface area (Å²) >= 11 is 0. The molecule has 1 aromatic rings. The SMILES string of the molecule is CCC.COCCCOc1cc(CC(CCC2CCC(=O)O2)C(C)C)ccc1OC. The number of esters is 1. The van der Waals surface area contributed by atoms with Gasteiger partial charge in [0.05, 0.1) is 13.7 Å². The second kappa shape index (κ2) is 15.1. The Morgan fingerprint density at radius 3 is 2.43 bits per heavy atom. The lowest BCUT2D eigenvalue weighted by molar-refractivity contribution is -0.141. The van der Waals surface area contributed by atoms with Crippen molar-refractivity contribution in [1.82, 2.24) is 0 Å². The van der Waals surface area contributed by atoms with Crippen molar-refractivity contribution in [2.24, 2.45) is 11.8 Å². The molecule has 0 bridgehead atoms. The molecule has 2 rings (SSSR count). The first-order chi connectivity index (χ1) is 14.4.